The van der Waals surface area contributed by atoms with Gasteiger partial charge in [-0.15, -0.1) is 0 Å². The van der Waals surface area contributed by atoms with Crippen LogP contribution in [0, 0.1) is 6.92 Å². The molecule has 4 rings (SSSR count). The molecule has 7 nitrogen and oxygen atoms in total. The van der Waals surface area contributed by atoms with Crippen molar-refractivity contribution in [2.24, 2.45) is 7.05 Å². The Kier molecular flexibility index (Phi) is 5.23. The highest BCUT2D eigenvalue weighted by atomic mass is 16.5. The summed E-state index contributed by atoms with van der Waals surface area (Å²) < 4.78 is 7.23. The Hall–Kier alpha value is -2.22. The van der Waals surface area contributed by atoms with Crippen LogP contribution in [0.4, 0.5) is 0 Å². The van der Waals surface area contributed by atoms with Gasteiger partial charge >= 0.3 is 0 Å². The van der Waals surface area contributed by atoms with E-state index in [-0.39, 0.29) is 11.9 Å². The van der Waals surface area contributed by atoms with E-state index >= 15 is 0 Å². The van der Waals surface area contributed by atoms with Crippen LogP contribution in [0.3, 0.4) is 0 Å². The first kappa shape index (κ1) is 19.1. The Labute approximate surface area is 165 Å². The number of amides is 1. The fourth-order valence-electron chi connectivity index (χ4n) is 4.36. The van der Waals surface area contributed by atoms with Gasteiger partial charge in [0, 0.05) is 38.9 Å². The van der Waals surface area contributed by atoms with Crippen molar-refractivity contribution in [2.45, 2.75) is 25.0 Å². The number of aliphatic hydroxyl groups is 1. The standard InChI is InChI=1S/C21H28N4O3/c1-16-18(14-22-23(16)2)20(26)25-9-8-21(27,17-6-4-3-5-7-17)19(15-25)24-10-12-28-13-11-24/h3-7,14,19,27H,8-13,15H2,1-2H3/t19-,21+/m1/s1. The highest BCUT2D eigenvalue weighted by Crippen LogP contribution is 2.37. The zero-order valence-electron chi connectivity index (χ0n) is 16.5. The van der Waals surface area contributed by atoms with Crippen molar-refractivity contribution >= 4 is 5.91 Å². The number of morpholine rings is 1. The lowest BCUT2D eigenvalue weighted by Gasteiger charge is -2.50. The number of likely N-dealkylation sites (tertiary alicyclic amines) is 1. The van der Waals surface area contributed by atoms with Gasteiger partial charge in [-0.25, -0.2) is 0 Å². The lowest BCUT2D eigenvalue weighted by Crippen LogP contribution is -2.63. The first-order chi connectivity index (χ1) is 13.5. The van der Waals surface area contributed by atoms with Gasteiger partial charge < -0.3 is 14.7 Å². The first-order valence-corrected chi connectivity index (χ1v) is 9.88. The second kappa shape index (κ2) is 7.66. The number of hydrogen-bond acceptors (Lipinski definition) is 5. The van der Waals surface area contributed by atoms with Gasteiger partial charge in [0.2, 0.25) is 0 Å². The third-order valence-corrected chi connectivity index (χ3v) is 6.22. The lowest BCUT2D eigenvalue weighted by atomic mass is 9.79. The summed E-state index contributed by atoms with van der Waals surface area (Å²) in [7, 11) is 1.84. The van der Waals surface area contributed by atoms with Crippen LogP contribution < -0.4 is 0 Å². The van der Waals surface area contributed by atoms with E-state index < -0.39 is 5.60 Å². The number of piperidine rings is 1. The minimum Gasteiger partial charge on any atom is -0.383 e. The van der Waals surface area contributed by atoms with Crippen molar-refractivity contribution in [1.82, 2.24) is 19.6 Å². The number of benzene rings is 1. The molecule has 0 saturated carbocycles. The molecule has 2 saturated heterocycles. The third-order valence-electron chi connectivity index (χ3n) is 6.22. The highest BCUT2D eigenvalue weighted by molar-refractivity contribution is 5.95. The van der Waals surface area contributed by atoms with E-state index in [1.807, 2.05) is 49.2 Å². The maximum atomic E-state index is 13.2. The third kappa shape index (κ3) is 3.34. The largest absolute Gasteiger partial charge is 0.383 e. The van der Waals surface area contributed by atoms with Crippen molar-refractivity contribution in [2.75, 3.05) is 39.4 Å². The monoisotopic (exact) mass is 384 g/mol. The summed E-state index contributed by atoms with van der Waals surface area (Å²) >= 11 is 0. The van der Waals surface area contributed by atoms with Crippen LogP contribution in [-0.4, -0.2) is 76.0 Å². The lowest BCUT2D eigenvalue weighted by molar-refractivity contribution is -0.112. The van der Waals surface area contributed by atoms with Crippen LogP contribution >= 0.6 is 0 Å². The predicted octanol–water partition coefficient (Wildman–Crippen LogP) is 1.16. The number of aromatic nitrogens is 2. The molecule has 2 atom stereocenters. The Morgan fingerprint density at radius 3 is 2.57 bits per heavy atom. The highest BCUT2D eigenvalue weighted by Gasteiger charge is 2.47. The molecule has 0 bridgehead atoms. The smallest absolute Gasteiger partial charge is 0.257 e. The van der Waals surface area contributed by atoms with E-state index in [0.29, 0.717) is 38.3 Å². The molecule has 2 fully saturated rings. The van der Waals surface area contributed by atoms with Crippen LogP contribution in [0.2, 0.25) is 0 Å². The quantitative estimate of drug-likeness (QED) is 0.860. The molecule has 3 heterocycles. The van der Waals surface area contributed by atoms with Crippen LogP contribution in [0.15, 0.2) is 36.5 Å². The summed E-state index contributed by atoms with van der Waals surface area (Å²) in [5.74, 6) is -0.0148. The SMILES string of the molecule is Cc1c(C(=O)N2CC[C@](O)(c3ccccc3)[C@H](N3CCOCC3)C2)cnn1C. The molecule has 0 unspecified atom stereocenters. The van der Waals surface area contributed by atoms with Gasteiger partial charge in [0.15, 0.2) is 0 Å². The number of ether oxygens (including phenoxy) is 1. The fraction of sp³-hybridized carbons (Fsp3) is 0.524. The fourth-order valence-corrected chi connectivity index (χ4v) is 4.36. The molecule has 1 N–H and O–H groups in total. The number of nitrogens with zero attached hydrogens (tertiary/aromatic N) is 4. The van der Waals surface area contributed by atoms with E-state index in [9.17, 15) is 9.90 Å². The summed E-state index contributed by atoms with van der Waals surface area (Å²) in [6.07, 6.45) is 2.14. The van der Waals surface area contributed by atoms with Crippen molar-refractivity contribution < 1.29 is 14.6 Å². The molecule has 1 aromatic heterocycles. The molecule has 7 heteroatoms. The molecular formula is C21H28N4O3. The summed E-state index contributed by atoms with van der Waals surface area (Å²) in [5, 5.41) is 16.0. The van der Waals surface area contributed by atoms with Gasteiger partial charge in [0.05, 0.1) is 31.0 Å². The molecule has 2 aliphatic heterocycles. The summed E-state index contributed by atoms with van der Waals surface area (Å²) in [6.45, 7) is 5.72. The van der Waals surface area contributed by atoms with Gasteiger partial charge in [-0.2, -0.15) is 5.10 Å². The Balaban J connectivity index is 1.63. The molecule has 0 spiro atoms. The Morgan fingerprint density at radius 2 is 1.93 bits per heavy atom. The molecule has 2 aromatic rings. The Morgan fingerprint density at radius 1 is 1.21 bits per heavy atom. The van der Waals surface area contributed by atoms with Gasteiger partial charge in [-0.3, -0.25) is 14.4 Å². The van der Waals surface area contributed by atoms with Gasteiger partial charge in [-0.1, -0.05) is 30.3 Å². The maximum absolute atomic E-state index is 13.2. The van der Waals surface area contributed by atoms with E-state index in [1.54, 1.807) is 10.9 Å². The molecule has 1 aromatic carbocycles. The number of aryl methyl sites for hydroxylation is 1. The summed E-state index contributed by atoms with van der Waals surface area (Å²) in [5.41, 5.74) is 1.42. The number of hydrogen-bond donors (Lipinski definition) is 1. The van der Waals surface area contributed by atoms with E-state index in [2.05, 4.69) is 10.00 Å². The zero-order chi connectivity index (χ0) is 19.7. The second-order valence-corrected chi connectivity index (χ2v) is 7.72. The molecular weight excluding hydrogens is 356 g/mol. The molecule has 28 heavy (non-hydrogen) atoms. The number of carbonyl (C=O) groups excluding carboxylic acids is 1. The van der Waals surface area contributed by atoms with Gasteiger partial charge in [0.25, 0.3) is 5.91 Å². The van der Waals surface area contributed by atoms with Crippen molar-refractivity contribution in [3.8, 4) is 0 Å². The van der Waals surface area contributed by atoms with Crippen LogP contribution in [-0.2, 0) is 17.4 Å². The first-order valence-electron chi connectivity index (χ1n) is 9.88. The average molecular weight is 384 g/mol. The summed E-state index contributed by atoms with van der Waals surface area (Å²) in [4.78, 5) is 17.3. The van der Waals surface area contributed by atoms with Crippen LogP contribution in [0.1, 0.15) is 28.0 Å². The Bertz CT molecular complexity index is 831. The molecule has 2 aliphatic rings. The maximum Gasteiger partial charge on any atom is 0.257 e. The number of rotatable bonds is 3. The second-order valence-electron chi connectivity index (χ2n) is 7.72. The van der Waals surface area contributed by atoms with Gasteiger partial charge in [-0.05, 0) is 18.9 Å². The van der Waals surface area contributed by atoms with Crippen LogP contribution in [0.5, 0.6) is 0 Å². The molecule has 150 valence electrons. The van der Waals surface area contributed by atoms with Crippen LogP contribution in [0.25, 0.3) is 0 Å². The van der Waals surface area contributed by atoms with E-state index in [1.165, 1.54) is 0 Å². The topological polar surface area (TPSA) is 70.8 Å². The summed E-state index contributed by atoms with van der Waals surface area (Å²) in [6, 6.07) is 9.67. The minimum atomic E-state index is -0.987. The normalized spacial score (nSPS) is 26.4. The van der Waals surface area contributed by atoms with E-state index in [0.717, 1.165) is 24.3 Å². The predicted molar refractivity (Wildman–Crippen MR) is 105 cm³/mol. The van der Waals surface area contributed by atoms with E-state index in [4.69, 9.17) is 4.74 Å². The minimum absolute atomic E-state index is 0.0148. The molecule has 1 amide bonds. The number of carbonyl (C=O) groups is 1. The molecule has 0 radical (unpaired) electrons. The van der Waals surface area contributed by atoms with Crippen molar-refractivity contribution in [3.05, 3.63) is 53.3 Å². The average Bonchev–Trinajstić information content (AvgIpc) is 3.07. The zero-order valence-corrected chi connectivity index (χ0v) is 16.5. The van der Waals surface area contributed by atoms with Crippen molar-refractivity contribution in [3.63, 3.8) is 0 Å². The molecule has 0 aliphatic carbocycles. The van der Waals surface area contributed by atoms with Gasteiger partial charge in [0.1, 0.15) is 5.60 Å². The van der Waals surface area contributed by atoms with Crippen molar-refractivity contribution in [1.29, 1.82) is 0 Å².